The Labute approximate surface area is 153 Å². The van der Waals surface area contributed by atoms with Crippen LogP contribution in [0.1, 0.15) is 51.6 Å². The van der Waals surface area contributed by atoms with Gasteiger partial charge in [-0.3, -0.25) is 9.67 Å². The first kappa shape index (κ1) is 19.8. The third-order valence-corrected chi connectivity index (χ3v) is 5.02. The molecular weight excluding hydrogens is 312 g/mol. The predicted molar refractivity (Wildman–Crippen MR) is 105 cm³/mol. The van der Waals surface area contributed by atoms with E-state index in [9.17, 15) is 0 Å². The number of rotatable bonds is 6. The minimum absolute atomic E-state index is 0.230. The maximum Gasteiger partial charge on any atom is 0.191 e. The third-order valence-electron chi connectivity index (χ3n) is 5.02. The van der Waals surface area contributed by atoms with E-state index in [1.807, 2.05) is 17.9 Å². The van der Waals surface area contributed by atoms with Crippen LogP contribution in [0.25, 0.3) is 0 Å². The standard InChI is InChI=1S/C19H36N6/c1-7-20-19(23-17-9-14(2)8-15(3)10-17)21-12-18(24(4)5)16-11-22-25(6)13-16/h11,13-15,17-18H,7-10,12H2,1-6H3,(H2,20,21,23). The van der Waals surface area contributed by atoms with E-state index >= 15 is 0 Å². The van der Waals surface area contributed by atoms with Gasteiger partial charge in [-0.05, 0) is 52.1 Å². The highest BCUT2D eigenvalue weighted by Crippen LogP contribution is 2.28. The van der Waals surface area contributed by atoms with Crippen molar-refractivity contribution in [3.63, 3.8) is 0 Å². The molecule has 0 aliphatic heterocycles. The number of aliphatic imine (C=N–C) groups is 1. The summed E-state index contributed by atoms with van der Waals surface area (Å²) >= 11 is 0. The number of aryl methyl sites for hydroxylation is 1. The molecule has 6 nitrogen and oxygen atoms in total. The zero-order valence-electron chi connectivity index (χ0n) is 16.8. The molecule has 6 heteroatoms. The van der Waals surface area contributed by atoms with Crippen LogP contribution in [0.4, 0.5) is 0 Å². The lowest BCUT2D eigenvalue weighted by molar-refractivity contribution is 0.254. The third kappa shape index (κ3) is 6.03. The Balaban J connectivity index is 2.04. The number of guanidine groups is 1. The van der Waals surface area contributed by atoms with E-state index < -0.39 is 0 Å². The molecule has 1 fully saturated rings. The number of aromatic nitrogens is 2. The van der Waals surface area contributed by atoms with Crippen LogP contribution < -0.4 is 10.6 Å². The lowest BCUT2D eigenvalue weighted by atomic mass is 9.80. The van der Waals surface area contributed by atoms with Gasteiger partial charge in [-0.15, -0.1) is 0 Å². The molecule has 0 spiro atoms. The summed E-state index contributed by atoms with van der Waals surface area (Å²) in [6.07, 6.45) is 7.81. The fourth-order valence-corrected chi connectivity index (χ4v) is 3.94. The molecule has 1 aliphatic carbocycles. The zero-order chi connectivity index (χ0) is 18.4. The van der Waals surface area contributed by atoms with Gasteiger partial charge in [-0.2, -0.15) is 5.10 Å². The van der Waals surface area contributed by atoms with Gasteiger partial charge in [0.05, 0.1) is 18.8 Å². The Morgan fingerprint density at radius 2 is 2.00 bits per heavy atom. The molecule has 1 heterocycles. The van der Waals surface area contributed by atoms with Gasteiger partial charge >= 0.3 is 0 Å². The summed E-state index contributed by atoms with van der Waals surface area (Å²) < 4.78 is 1.85. The summed E-state index contributed by atoms with van der Waals surface area (Å²) in [4.78, 5) is 7.08. The minimum Gasteiger partial charge on any atom is -0.357 e. The van der Waals surface area contributed by atoms with Gasteiger partial charge in [-0.25, -0.2) is 0 Å². The van der Waals surface area contributed by atoms with Crippen LogP contribution in [0, 0.1) is 11.8 Å². The van der Waals surface area contributed by atoms with Crippen molar-refractivity contribution in [1.82, 2.24) is 25.3 Å². The lowest BCUT2D eigenvalue weighted by Gasteiger charge is -2.33. The molecule has 0 amide bonds. The Kier molecular flexibility index (Phi) is 7.29. The average Bonchev–Trinajstić information content (AvgIpc) is 2.92. The highest BCUT2D eigenvalue weighted by molar-refractivity contribution is 5.80. The molecule has 142 valence electrons. The Bertz CT molecular complexity index is 540. The van der Waals surface area contributed by atoms with Crippen molar-refractivity contribution < 1.29 is 0 Å². The predicted octanol–water partition coefficient (Wildman–Crippen LogP) is 2.40. The summed E-state index contributed by atoms with van der Waals surface area (Å²) in [5.41, 5.74) is 1.20. The van der Waals surface area contributed by atoms with Crippen molar-refractivity contribution in [2.24, 2.45) is 23.9 Å². The minimum atomic E-state index is 0.230. The van der Waals surface area contributed by atoms with E-state index in [-0.39, 0.29) is 6.04 Å². The van der Waals surface area contributed by atoms with Crippen LogP contribution in [0.2, 0.25) is 0 Å². The van der Waals surface area contributed by atoms with Gasteiger partial charge in [0.1, 0.15) is 0 Å². The summed E-state index contributed by atoms with van der Waals surface area (Å²) in [5.74, 6) is 2.51. The highest BCUT2D eigenvalue weighted by Gasteiger charge is 2.24. The van der Waals surface area contributed by atoms with Crippen molar-refractivity contribution >= 4 is 5.96 Å². The molecule has 1 aromatic rings. The molecule has 2 N–H and O–H groups in total. The second-order valence-corrected chi connectivity index (χ2v) is 7.91. The highest BCUT2D eigenvalue weighted by atomic mass is 15.3. The zero-order valence-corrected chi connectivity index (χ0v) is 16.8. The number of likely N-dealkylation sites (N-methyl/N-ethyl adjacent to an activating group) is 1. The quantitative estimate of drug-likeness (QED) is 0.612. The Hall–Kier alpha value is -1.56. The first-order valence-electron chi connectivity index (χ1n) is 9.58. The van der Waals surface area contributed by atoms with Crippen LogP contribution in [0.5, 0.6) is 0 Å². The van der Waals surface area contributed by atoms with E-state index in [0.717, 1.165) is 24.3 Å². The van der Waals surface area contributed by atoms with Crippen LogP contribution in [-0.4, -0.2) is 53.9 Å². The fraction of sp³-hybridized carbons (Fsp3) is 0.789. The van der Waals surface area contributed by atoms with E-state index in [1.165, 1.54) is 24.8 Å². The first-order chi connectivity index (χ1) is 11.9. The van der Waals surface area contributed by atoms with Gasteiger partial charge in [0.15, 0.2) is 5.96 Å². The molecule has 3 atom stereocenters. The van der Waals surface area contributed by atoms with Gasteiger partial charge in [0.2, 0.25) is 0 Å². The topological polar surface area (TPSA) is 57.5 Å². The Morgan fingerprint density at radius 3 is 2.52 bits per heavy atom. The summed E-state index contributed by atoms with van der Waals surface area (Å²) in [6.45, 7) is 8.43. The molecule has 25 heavy (non-hydrogen) atoms. The molecular formula is C19H36N6. The van der Waals surface area contributed by atoms with Gasteiger partial charge in [0.25, 0.3) is 0 Å². The number of nitrogens with one attached hydrogen (secondary N) is 2. The molecule has 0 radical (unpaired) electrons. The van der Waals surface area contributed by atoms with Crippen molar-refractivity contribution in [3.05, 3.63) is 18.0 Å². The van der Waals surface area contributed by atoms with Crippen molar-refractivity contribution in [2.45, 2.75) is 52.1 Å². The van der Waals surface area contributed by atoms with E-state index in [0.29, 0.717) is 12.6 Å². The summed E-state index contributed by atoms with van der Waals surface area (Å²) in [5, 5.41) is 11.4. The van der Waals surface area contributed by atoms with Crippen LogP contribution in [-0.2, 0) is 7.05 Å². The van der Waals surface area contributed by atoms with E-state index in [1.54, 1.807) is 0 Å². The number of hydrogen-bond acceptors (Lipinski definition) is 3. The first-order valence-corrected chi connectivity index (χ1v) is 9.58. The van der Waals surface area contributed by atoms with Crippen LogP contribution in [0.3, 0.4) is 0 Å². The smallest absolute Gasteiger partial charge is 0.191 e. The Morgan fingerprint density at radius 1 is 1.32 bits per heavy atom. The largest absolute Gasteiger partial charge is 0.357 e. The maximum atomic E-state index is 4.88. The molecule has 0 aromatic carbocycles. The van der Waals surface area contributed by atoms with Crippen LogP contribution >= 0.6 is 0 Å². The van der Waals surface area contributed by atoms with Gasteiger partial charge in [-0.1, -0.05) is 13.8 Å². The molecule has 0 saturated heterocycles. The molecule has 2 rings (SSSR count). The van der Waals surface area contributed by atoms with Crippen LogP contribution in [0.15, 0.2) is 17.4 Å². The molecule has 1 aliphatic rings. The number of hydrogen-bond donors (Lipinski definition) is 2. The van der Waals surface area contributed by atoms with Crippen molar-refractivity contribution in [2.75, 3.05) is 27.2 Å². The lowest BCUT2D eigenvalue weighted by Crippen LogP contribution is -2.46. The van der Waals surface area contributed by atoms with E-state index in [4.69, 9.17) is 4.99 Å². The molecule has 1 aromatic heterocycles. The molecule has 0 bridgehead atoms. The summed E-state index contributed by atoms with van der Waals surface area (Å²) in [7, 11) is 6.15. The average molecular weight is 349 g/mol. The van der Waals surface area contributed by atoms with Crippen molar-refractivity contribution in [1.29, 1.82) is 0 Å². The van der Waals surface area contributed by atoms with Crippen molar-refractivity contribution in [3.8, 4) is 0 Å². The molecule has 1 saturated carbocycles. The second kappa shape index (κ2) is 9.22. The van der Waals surface area contributed by atoms with Gasteiger partial charge < -0.3 is 15.5 Å². The fourth-order valence-electron chi connectivity index (χ4n) is 3.94. The SMILES string of the molecule is CCNC(=NCC(c1cnn(C)c1)N(C)C)NC1CC(C)CC(C)C1. The molecule has 3 unspecified atom stereocenters. The summed E-state index contributed by atoms with van der Waals surface area (Å²) in [6, 6.07) is 0.751. The number of nitrogens with zero attached hydrogens (tertiary/aromatic N) is 4. The monoisotopic (exact) mass is 348 g/mol. The van der Waals surface area contributed by atoms with Gasteiger partial charge in [0, 0.05) is 31.4 Å². The maximum absolute atomic E-state index is 4.88. The second-order valence-electron chi connectivity index (χ2n) is 7.91. The normalized spacial score (nSPS) is 25.9. The van der Waals surface area contributed by atoms with E-state index in [2.05, 4.69) is 61.7 Å².